The SMILES string of the molecule is Cc1ccc(C(C)(O)c2cc3c(cc2C)C(C)(C)CCC3(C)C)nc1. The molecule has 0 amide bonds. The van der Waals surface area contributed by atoms with Crippen molar-refractivity contribution in [2.75, 3.05) is 0 Å². The Morgan fingerprint density at radius 1 is 0.960 bits per heavy atom. The van der Waals surface area contributed by atoms with Gasteiger partial charge in [-0.2, -0.15) is 0 Å². The van der Waals surface area contributed by atoms with Crippen molar-refractivity contribution in [2.45, 2.75) is 77.7 Å². The molecule has 2 heteroatoms. The van der Waals surface area contributed by atoms with Crippen LogP contribution in [-0.4, -0.2) is 10.1 Å². The molecule has 2 aromatic rings. The van der Waals surface area contributed by atoms with Crippen molar-refractivity contribution < 1.29 is 5.11 Å². The summed E-state index contributed by atoms with van der Waals surface area (Å²) in [6, 6.07) is 8.49. The lowest BCUT2D eigenvalue weighted by Crippen LogP contribution is -2.35. The number of fused-ring (bicyclic) bond motifs is 1. The first kappa shape index (κ1) is 18.1. The summed E-state index contributed by atoms with van der Waals surface area (Å²) in [6.45, 7) is 15.3. The first-order valence-corrected chi connectivity index (χ1v) is 9.27. The minimum atomic E-state index is -1.09. The second kappa shape index (κ2) is 5.67. The van der Waals surface area contributed by atoms with Crippen LogP contribution in [-0.2, 0) is 16.4 Å². The summed E-state index contributed by atoms with van der Waals surface area (Å²) >= 11 is 0. The predicted molar refractivity (Wildman–Crippen MR) is 104 cm³/mol. The van der Waals surface area contributed by atoms with Gasteiger partial charge in [0.05, 0.1) is 5.69 Å². The number of aryl methyl sites for hydroxylation is 2. The summed E-state index contributed by atoms with van der Waals surface area (Å²) in [5.74, 6) is 0. The van der Waals surface area contributed by atoms with Gasteiger partial charge in [-0.25, -0.2) is 0 Å². The van der Waals surface area contributed by atoms with Crippen LogP contribution in [0.5, 0.6) is 0 Å². The fraction of sp³-hybridized carbons (Fsp3) is 0.522. The molecule has 1 heterocycles. The summed E-state index contributed by atoms with van der Waals surface area (Å²) in [7, 11) is 0. The van der Waals surface area contributed by atoms with Gasteiger partial charge in [0, 0.05) is 6.20 Å². The predicted octanol–water partition coefficient (Wildman–Crippen LogP) is 5.30. The highest BCUT2D eigenvalue weighted by Gasteiger charge is 2.39. The molecule has 0 radical (unpaired) electrons. The zero-order chi connectivity index (χ0) is 18.6. The molecular formula is C23H31NO. The standard InChI is InChI=1S/C23H31NO/c1-15-8-9-20(24-14-15)23(7,25)17-13-19-18(12-16(17)2)21(3,4)10-11-22(19,5)6/h8-9,12-14,25H,10-11H2,1-7H3. The molecule has 0 aliphatic heterocycles. The van der Waals surface area contributed by atoms with Crippen molar-refractivity contribution in [3.8, 4) is 0 Å². The Bertz CT molecular complexity index is 798. The minimum absolute atomic E-state index is 0.129. The van der Waals surface area contributed by atoms with Crippen LogP contribution in [0.1, 0.15) is 81.0 Å². The van der Waals surface area contributed by atoms with E-state index in [0.717, 1.165) is 16.7 Å². The average molecular weight is 338 g/mol. The highest BCUT2D eigenvalue weighted by atomic mass is 16.3. The topological polar surface area (TPSA) is 33.1 Å². The van der Waals surface area contributed by atoms with Gasteiger partial charge in [-0.3, -0.25) is 4.98 Å². The first-order valence-electron chi connectivity index (χ1n) is 9.27. The lowest BCUT2D eigenvalue weighted by atomic mass is 9.62. The van der Waals surface area contributed by atoms with E-state index in [2.05, 4.69) is 51.7 Å². The van der Waals surface area contributed by atoms with Crippen molar-refractivity contribution in [3.05, 3.63) is 64.0 Å². The van der Waals surface area contributed by atoms with Crippen LogP contribution in [0.3, 0.4) is 0 Å². The van der Waals surface area contributed by atoms with Crippen LogP contribution in [0.4, 0.5) is 0 Å². The molecule has 25 heavy (non-hydrogen) atoms. The Hall–Kier alpha value is -1.67. The third-order valence-corrected chi connectivity index (χ3v) is 6.13. The molecule has 3 rings (SSSR count). The van der Waals surface area contributed by atoms with E-state index in [0.29, 0.717) is 5.69 Å². The molecule has 0 fully saturated rings. The van der Waals surface area contributed by atoms with Crippen LogP contribution in [0, 0.1) is 13.8 Å². The van der Waals surface area contributed by atoms with Crippen LogP contribution >= 0.6 is 0 Å². The summed E-state index contributed by atoms with van der Waals surface area (Å²) in [5, 5.41) is 11.4. The maximum absolute atomic E-state index is 11.4. The molecule has 1 N–H and O–H groups in total. The molecule has 1 aliphatic carbocycles. The monoisotopic (exact) mass is 337 g/mol. The number of rotatable bonds is 2. The van der Waals surface area contributed by atoms with Gasteiger partial charge in [-0.15, -0.1) is 0 Å². The quantitative estimate of drug-likeness (QED) is 0.806. The highest BCUT2D eigenvalue weighted by molar-refractivity contribution is 5.50. The van der Waals surface area contributed by atoms with Gasteiger partial charge in [0.25, 0.3) is 0 Å². The van der Waals surface area contributed by atoms with Crippen LogP contribution in [0.2, 0.25) is 0 Å². The normalized spacial score (nSPS) is 20.6. The molecule has 1 unspecified atom stereocenters. The van der Waals surface area contributed by atoms with Crippen LogP contribution < -0.4 is 0 Å². The van der Waals surface area contributed by atoms with Gasteiger partial charge in [-0.1, -0.05) is 45.9 Å². The van der Waals surface area contributed by atoms with Gasteiger partial charge in [-0.05, 0) is 78.3 Å². The van der Waals surface area contributed by atoms with Gasteiger partial charge in [0.2, 0.25) is 0 Å². The van der Waals surface area contributed by atoms with E-state index < -0.39 is 5.60 Å². The van der Waals surface area contributed by atoms with E-state index >= 15 is 0 Å². The third-order valence-electron chi connectivity index (χ3n) is 6.13. The Morgan fingerprint density at radius 3 is 2.04 bits per heavy atom. The number of hydrogen-bond donors (Lipinski definition) is 1. The Labute approximate surface area is 152 Å². The van der Waals surface area contributed by atoms with Crippen molar-refractivity contribution in [1.82, 2.24) is 4.98 Å². The number of pyridine rings is 1. The maximum Gasteiger partial charge on any atom is 0.129 e. The zero-order valence-corrected chi connectivity index (χ0v) is 16.7. The van der Waals surface area contributed by atoms with E-state index in [1.807, 2.05) is 32.2 Å². The fourth-order valence-electron chi connectivity index (χ4n) is 4.14. The van der Waals surface area contributed by atoms with E-state index in [1.54, 1.807) is 0 Å². The average Bonchev–Trinajstić information content (AvgIpc) is 2.52. The Balaban J connectivity index is 2.20. The molecule has 134 valence electrons. The zero-order valence-electron chi connectivity index (χ0n) is 16.7. The number of aliphatic hydroxyl groups is 1. The maximum atomic E-state index is 11.4. The molecular weight excluding hydrogens is 306 g/mol. The highest BCUT2D eigenvalue weighted by Crippen LogP contribution is 2.47. The Kier molecular flexibility index (Phi) is 4.11. The molecule has 0 saturated heterocycles. The third kappa shape index (κ3) is 3.01. The summed E-state index contributed by atoms with van der Waals surface area (Å²) in [6.07, 6.45) is 4.19. The fourth-order valence-corrected chi connectivity index (χ4v) is 4.14. The van der Waals surface area contributed by atoms with E-state index in [-0.39, 0.29) is 10.8 Å². The molecule has 1 aliphatic rings. The number of hydrogen-bond acceptors (Lipinski definition) is 2. The number of benzene rings is 1. The lowest BCUT2D eigenvalue weighted by Gasteiger charge is -2.43. The second-order valence-electron chi connectivity index (χ2n) is 9.27. The summed E-state index contributed by atoms with van der Waals surface area (Å²) in [4.78, 5) is 4.49. The van der Waals surface area contributed by atoms with Crippen LogP contribution in [0.25, 0.3) is 0 Å². The van der Waals surface area contributed by atoms with Gasteiger partial charge in [0.15, 0.2) is 0 Å². The Morgan fingerprint density at radius 2 is 1.52 bits per heavy atom. The second-order valence-corrected chi connectivity index (χ2v) is 9.27. The molecule has 1 aromatic heterocycles. The summed E-state index contributed by atoms with van der Waals surface area (Å²) in [5.41, 5.74) is 5.93. The molecule has 0 bridgehead atoms. The van der Waals surface area contributed by atoms with Crippen molar-refractivity contribution in [2.24, 2.45) is 0 Å². The van der Waals surface area contributed by atoms with Crippen molar-refractivity contribution >= 4 is 0 Å². The molecule has 1 aromatic carbocycles. The van der Waals surface area contributed by atoms with Crippen molar-refractivity contribution in [1.29, 1.82) is 0 Å². The minimum Gasteiger partial charge on any atom is -0.379 e. The van der Waals surface area contributed by atoms with E-state index in [1.165, 1.54) is 24.0 Å². The van der Waals surface area contributed by atoms with Gasteiger partial charge in [0.1, 0.15) is 5.60 Å². The van der Waals surface area contributed by atoms with E-state index in [4.69, 9.17) is 0 Å². The van der Waals surface area contributed by atoms with Crippen LogP contribution in [0.15, 0.2) is 30.5 Å². The lowest BCUT2D eigenvalue weighted by molar-refractivity contribution is 0.0963. The molecule has 0 spiro atoms. The molecule has 2 nitrogen and oxygen atoms in total. The molecule has 1 atom stereocenters. The van der Waals surface area contributed by atoms with E-state index in [9.17, 15) is 5.11 Å². The smallest absolute Gasteiger partial charge is 0.129 e. The van der Waals surface area contributed by atoms with Gasteiger partial charge < -0.3 is 5.11 Å². The largest absolute Gasteiger partial charge is 0.379 e. The first-order chi connectivity index (χ1) is 11.4. The number of nitrogens with zero attached hydrogens (tertiary/aromatic N) is 1. The molecule has 0 saturated carbocycles. The van der Waals surface area contributed by atoms with Gasteiger partial charge >= 0.3 is 0 Å². The number of aromatic nitrogens is 1. The summed E-state index contributed by atoms with van der Waals surface area (Å²) < 4.78 is 0. The van der Waals surface area contributed by atoms with Crippen molar-refractivity contribution in [3.63, 3.8) is 0 Å².